The van der Waals surface area contributed by atoms with Crippen LogP contribution in [0.3, 0.4) is 0 Å². The Morgan fingerprint density at radius 1 is 1.29 bits per heavy atom. The van der Waals surface area contributed by atoms with E-state index in [0.717, 1.165) is 12.0 Å². The summed E-state index contributed by atoms with van der Waals surface area (Å²) in [6.07, 6.45) is 2.78. The number of nitrogens with zero attached hydrogens (tertiary/aromatic N) is 2. The molecule has 0 aromatic heterocycles. The molecule has 3 nitrogen and oxygen atoms in total. The lowest BCUT2D eigenvalue weighted by Gasteiger charge is -2.39. The van der Waals surface area contributed by atoms with Crippen molar-refractivity contribution in [3.8, 4) is 0 Å². The number of piperidine rings is 1. The molecule has 0 aromatic rings. The highest BCUT2D eigenvalue weighted by Gasteiger charge is 2.25. The maximum absolute atomic E-state index is 3.34. The highest BCUT2D eigenvalue weighted by molar-refractivity contribution is 4.84. The van der Waals surface area contributed by atoms with Crippen molar-refractivity contribution in [2.45, 2.75) is 18.9 Å². The number of nitrogens with one attached hydrogen (secondary N) is 1. The highest BCUT2D eigenvalue weighted by Crippen LogP contribution is 2.18. The summed E-state index contributed by atoms with van der Waals surface area (Å²) in [6.45, 7) is 6.29. The van der Waals surface area contributed by atoms with Gasteiger partial charge in [-0.1, -0.05) is 0 Å². The van der Waals surface area contributed by atoms with Crippen LogP contribution in [0.4, 0.5) is 0 Å². The van der Waals surface area contributed by atoms with E-state index in [-0.39, 0.29) is 0 Å². The Kier molecular flexibility index (Phi) is 3.42. The zero-order valence-electron chi connectivity index (χ0n) is 9.50. The monoisotopic (exact) mass is 197 g/mol. The first-order valence-electron chi connectivity index (χ1n) is 5.85. The van der Waals surface area contributed by atoms with Crippen LogP contribution in [0.5, 0.6) is 0 Å². The summed E-state index contributed by atoms with van der Waals surface area (Å²) in [5.41, 5.74) is 0. The van der Waals surface area contributed by atoms with Crippen LogP contribution in [0.2, 0.25) is 0 Å². The van der Waals surface area contributed by atoms with E-state index in [0.29, 0.717) is 0 Å². The number of likely N-dealkylation sites (N-methyl/N-ethyl adjacent to an activating group) is 1. The molecule has 0 unspecified atom stereocenters. The fourth-order valence-corrected chi connectivity index (χ4v) is 2.39. The van der Waals surface area contributed by atoms with Gasteiger partial charge in [0, 0.05) is 25.7 Å². The van der Waals surface area contributed by atoms with Crippen LogP contribution in [0.15, 0.2) is 0 Å². The largest absolute Gasteiger partial charge is 0.314 e. The van der Waals surface area contributed by atoms with Gasteiger partial charge in [0.1, 0.15) is 0 Å². The fourth-order valence-electron chi connectivity index (χ4n) is 2.39. The molecule has 0 spiro atoms. The van der Waals surface area contributed by atoms with Crippen LogP contribution in [0.25, 0.3) is 0 Å². The topological polar surface area (TPSA) is 18.5 Å². The molecule has 2 heterocycles. The Morgan fingerprint density at radius 2 is 1.93 bits per heavy atom. The van der Waals surface area contributed by atoms with Crippen LogP contribution in [0, 0.1) is 5.92 Å². The molecule has 2 fully saturated rings. The van der Waals surface area contributed by atoms with Gasteiger partial charge in [0.25, 0.3) is 0 Å². The van der Waals surface area contributed by atoms with Crippen LogP contribution in [-0.4, -0.2) is 62.7 Å². The number of rotatable bonds is 3. The summed E-state index contributed by atoms with van der Waals surface area (Å²) >= 11 is 0. The summed E-state index contributed by atoms with van der Waals surface area (Å²) in [7, 11) is 4.51. The van der Waals surface area contributed by atoms with Gasteiger partial charge < -0.3 is 15.1 Å². The molecule has 14 heavy (non-hydrogen) atoms. The molecule has 3 heteroatoms. The van der Waals surface area contributed by atoms with Crippen molar-refractivity contribution in [1.82, 2.24) is 15.1 Å². The van der Waals surface area contributed by atoms with Crippen molar-refractivity contribution in [1.29, 1.82) is 0 Å². The van der Waals surface area contributed by atoms with Crippen molar-refractivity contribution < 1.29 is 0 Å². The van der Waals surface area contributed by atoms with E-state index in [1.165, 1.54) is 45.6 Å². The Morgan fingerprint density at radius 3 is 2.43 bits per heavy atom. The van der Waals surface area contributed by atoms with E-state index in [4.69, 9.17) is 0 Å². The summed E-state index contributed by atoms with van der Waals surface area (Å²) < 4.78 is 0. The third kappa shape index (κ3) is 2.47. The van der Waals surface area contributed by atoms with E-state index in [2.05, 4.69) is 29.2 Å². The molecule has 0 atom stereocenters. The van der Waals surface area contributed by atoms with Crippen LogP contribution >= 0.6 is 0 Å². The van der Waals surface area contributed by atoms with E-state index in [1.54, 1.807) is 0 Å². The van der Waals surface area contributed by atoms with Gasteiger partial charge in [0.2, 0.25) is 0 Å². The van der Waals surface area contributed by atoms with Gasteiger partial charge in [-0.3, -0.25) is 0 Å². The van der Waals surface area contributed by atoms with Gasteiger partial charge in [-0.25, -0.2) is 0 Å². The van der Waals surface area contributed by atoms with Gasteiger partial charge in [0.05, 0.1) is 0 Å². The minimum absolute atomic E-state index is 0.814. The standard InChI is InChI=1S/C11H23N3/c1-13-5-3-10(4-6-13)9-14(2)11-7-12-8-11/h10-12H,3-9H2,1-2H3. The molecule has 0 amide bonds. The van der Waals surface area contributed by atoms with Gasteiger partial charge in [-0.15, -0.1) is 0 Å². The van der Waals surface area contributed by atoms with Crippen molar-refractivity contribution in [3.05, 3.63) is 0 Å². The van der Waals surface area contributed by atoms with Crippen LogP contribution in [0.1, 0.15) is 12.8 Å². The van der Waals surface area contributed by atoms with E-state index in [9.17, 15) is 0 Å². The quantitative estimate of drug-likeness (QED) is 0.699. The van der Waals surface area contributed by atoms with Gasteiger partial charge in [-0.2, -0.15) is 0 Å². The maximum Gasteiger partial charge on any atom is 0.0342 e. The average molecular weight is 197 g/mol. The summed E-state index contributed by atoms with van der Waals surface area (Å²) in [6, 6.07) is 0.814. The lowest BCUT2D eigenvalue weighted by molar-refractivity contribution is 0.124. The number of likely N-dealkylation sites (tertiary alicyclic amines) is 1. The number of hydrogen-bond acceptors (Lipinski definition) is 3. The predicted octanol–water partition coefficient (Wildman–Crippen LogP) is 0.232. The first kappa shape index (κ1) is 10.4. The first-order chi connectivity index (χ1) is 6.75. The molecule has 82 valence electrons. The van der Waals surface area contributed by atoms with E-state index in [1.807, 2.05) is 0 Å². The van der Waals surface area contributed by atoms with E-state index < -0.39 is 0 Å². The van der Waals surface area contributed by atoms with E-state index >= 15 is 0 Å². The maximum atomic E-state index is 3.34. The minimum atomic E-state index is 0.814. The Bertz CT molecular complexity index is 171. The van der Waals surface area contributed by atoms with Gasteiger partial charge in [0.15, 0.2) is 0 Å². The third-order valence-electron chi connectivity index (χ3n) is 3.77. The second-order valence-electron chi connectivity index (χ2n) is 5.00. The third-order valence-corrected chi connectivity index (χ3v) is 3.77. The van der Waals surface area contributed by atoms with Gasteiger partial charge in [-0.05, 0) is 45.9 Å². The molecule has 0 bridgehead atoms. The normalized spacial score (nSPS) is 26.8. The summed E-state index contributed by atoms with van der Waals surface area (Å²) in [5, 5.41) is 3.34. The fraction of sp³-hybridized carbons (Fsp3) is 1.00. The van der Waals surface area contributed by atoms with Crippen molar-refractivity contribution in [2.75, 3.05) is 46.8 Å². The van der Waals surface area contributed by atoms with Gasteiger partial charge >= 0.3 is 0 Å². The van der Waals surface area contributed by atoms with Crippen LogP contribution in [-0.2, 0) is 0 Å². The molecule has 2 aliphatic heterocycles. The molecule has 0 aromatic carbocycles. The van der Waals surface area contributed by atoms with Crippen molar-refractivity contribution in [2.24, 2.45) is 5.92 Å². The number of hydrogen-bond donors (Lipinski definition) is 1. The minimum Gasteiger partial charge on any atom is -0.314 e. The Labute approximate surface area is 87.4 Å². The molecule has 2 saturated heterocycles. The summed E-state index contributed by atoms with van der Waals surface area (Å²) in [5.74, 6) is 0.941. The molecule has 0 aliphatic carbocycles. The first-order valence-corrected chi connectivity index (χ1v) is 5.85. The zero-order chi connectivity index (χ0) is 9.97. The zero-order valence-corrected chi connectivity index (χ0v) is 9.50. The van der Waals surface area contributed by atoms with Crippen molar-refractivity contribution in [3.63, 3.8) is 0 Å². The second kappa shape index (κ2) is 4.60. The smallest absolute Gasteiger partial charge is 0.0342 e. The molecular formula is C11H23N3. The summed E-state index contributed by atoms with van der Waals surface area (Å²) in [4.78, 5) is 4.99. The van der Waals surface area contributed by atoms with Crippen molar-refractivity contribution >= 4 is 0 Å². The van der Waals surface area contributed by atoms with Crippen LogP contribution < -0.4 is 5.32 Å². The highest BCUT2D eigenvalue weighted by atomic mass is 15.2. The molecular weight excluding hydrogens is 174 g/mol. The molecule has 1 N–H and O–H groups in total. The molecule has 0 saturated carbocycles. The molecule has 2 aliphatic rings. The SMILES string of the molecule is CN1CCC(CN(C)C2CNC2)CC1. The lowest BCUT2D eigenvalue weighted by atomic mass is 9.95. The molecule has 2 rings (SSSR count). The molecule has 0 radical (unpaired) electrons. The Hall–Kier alpha value is -0.120. The lowest BCUT2D eigenvalue weighted by Crippen LogP contribution is -2.57. The average Bonchev–Trinajstić information content (AvgIpc) is 2.06. The second-order valence-corrected chi connectivity index (χ2v) is 5.00. The predicted molar refractivity (Wildman–Crippen MR) is 59.5 cm³/mol. The Balaban J connectivity index is 1.68.